The summed E-state index contributed by atoms with van der Waals surface area (Å²) in [5.74, 6) is -0.134. The fourth-order valence-corrected chi connectivity index (χ4v) is 2.41. The van der Waals surface area contributed by atoms with E-state index in [9.17, 15) is 10.1 Å². The third kappa shape index (κ3) is 3.92. The van der Waals surface area contributed by atoms with Gasteiger partial charge in [0.1, 0.15) is 5.41 Å². The van der Waals surface area contributed by atoms with Crippen LogP contribution in [0, 0.1) is 16.7 Å². The minimum atomic E-state index is -0.964. The van der Waals surface area contributed by atoms with E-state index in [4.69, 9.17) is 14.2 Å². The van der Waals surface area contributed by atoms with E-state index in [0.29, 0.717) is 45.8 Å². The number of methoxy groups -OCH3 is 2. The van der Waals surface area contributed by atoms with Crippen molar-refractivity contribution in [1.82, 2.24) is 4.90 Å². The van der Waals surface area contributed by atoms with Crippen LogP contribution in [0.1, 0.15) is 19.8 Å². The lowest BCUT2D eigenvalue weighted by atomic mass is 9.80. The number of nitriles is 1. The molecule has 0 aromatic rings. The molecule has 0 spiro atoms. The molecule has 0 bridgehead atoms. The molecule has 1 aliphatic rings. The van der Waals surface area contributed by atoms with Crippen LogP contribution in [0.2, 0.25) is 0 Å². The van der Waals surface area contributed by atoms with Crippen LogP contribution in [-0.2, 0) is 19.0 Å². The summed E-state index contributed by atoms with van der Waals surface area (Å²) in [7, 11) is 3.20. The number of hydrogen-bond donors (Lipinski definition) is 0. The van der Waals surface area contributed by atoms with Gasteiger partial charge in [0.05, 0.1) is 25.3 Å². The molecule has 20 heavy (non-hydrogen) atoms. The Morgan fingerprint density at radius 2 is 2.05 bits per heavy atom. The molecule has 1 unspecified atom stereocenters. The van der Waals surface area contributed by atoms with E-state index in [1.54, 1.807) is 19.1 Å². The Morgan fingerprint density at radius 1 is 1.40 bits per heavy atom. The van der Waals surface area contributed by atoms with Crippen molar-refractivity contribution >= 4 is 5.91 Å². The molecule has 114 valence electrons. The van der Waals surface area contributed by atoms with Crippen LogP contribution < -0.4 is 0 Å². The number of ether oxygens (including phenoxy) is 3. The fourth-order valence-electron chi connectivity index (χ4n) is 2.41. The highest BCUT2D eigenvalue weighted by Gasteiger charge is 2.44. The highest BCUT2D eigenvalue weighted by atomic mass is 16.5. The zero-order valence-electron chi connectivity index (χ0n) is 12.6. The number of nitrogens with zero attached hydrogens (tertiary/aromatic N) is 2. The molecule has 1 saturated heterocycles. The highest BCUT2D eigenvalue weighted by Crippen LogP contribution is 2.32. The van der Waals surface area contributed by atoms with Gasteiger partial charge >= 0.3 is 0 Å². The molecule has 1 amide bonds. The molecule has 1 atom stereocenters. The van der Waals surface area contributed by atoms with Crippen LogP contribution in [0.4, 0.5) is 0 Å². The van der Waals surface area contributed by atoms with Crippen molar-refractivity contribution in [1.29, 1.82) is 5.26 Å². The first-order valence-corrected chi connectivity index (χ1v) is 6.89. The van der Waals surface area contributed by atoms with E-state index in [-0.39, 0.29) is 11.9 Å². The summed E-state index contributed by atoms with van der Waals surface area (Å²) >= 11 is 0. The minimum absolute atomic E-state index is 0.0873. The molecule has 1 rings (SSSR count). The second-order valence-corrected chi connectivity index (χ2v) is 5.10. The van der Waals surface area contributed by atoms with E-state index in [1.165, 1.54) is 0 Å². The van der Waals surface area contributed by atoms with Gasteiger partial charge in [-0.15, -0.1) is 0 Å². The SMILES string of the molecule is COCCN(C(=O)C1(C#N)CCOCC1)C(C)COC. The summed E-state index contributed by atoms with van der Waals surface area (Å²) in [5, 5.41) is 9.48. The van der Waals surface area contributed by atoms with Crippen molar-refractivity contribution in [2.75, 3.05) is 47.2 Å². The van der Waals surface area contributed by atoms with Gasteiger partial charge in [0.2, 0.25) is 5.91 Å². The van der Waals surface area contributed by atoms with Crippen LogP contribution in [0.5, 0.6) is 0 Å². The molecule has 0 saturated carbocycles. The van der Waals surface area contributed by atoms with Crippen molar-refractivity contribution in [2.45, 2.75) is 25.8 Å². The second kappa shape index (κ2) is 8.20. The van der Waals surface area contributed by atoms with Gasteiger partial charge in [-0.25, -0.2) is 0 Å². The lowest BCUT2D eigenvalue weighted by Crippen LogP contribution is -2.51. The van der Waals surface area contributed by atoms with Crippen molar-refractivity contribution in [2.24, 2.45) is 5.41 Å². The maximum absolute atomic E-state index is 12.8. The third-order valence-electron chi connectivity index (χ3n) is 3.71. The van der Waals surface area contributed by atoms with Gasteiger partial charge in [-0.05, 0) is 19.8 Å². The quantitative estimate of drug-likeness (QED) is 0.692. The predicted octanol–water partition coefficient (Wildman–Crippen LogP) is 0.817. The Labute approximate surface area is 120 Å². The van der Waals surface area contributed by atoms with Crippen LogP contribution in [0.25, 0.3) is 0 Å². The van der Waals surface area contributed by atoms with Gasteiger partial charge in [-0.1, -0.05) is 0 Å². The summed E-state index contributed by atoms with van der Waals surface area (Å²) < 4.78 is 15.5. The Kier molecular flexibility index (Phi) is 6.93. The summed E-state index contributed by atoms with van der Waals surface area (Å²) in [6, 6.07) is 2.13. The molecular formula is C14H24N2O4. The topological polar surface area (TPSA) is 71.8 Å². The van der Waals surface area contributed by atoms with Crippen molar-refractivity contribution in [3.05, 3.63) is 0 Å². The molecule has 0 radical (unpaired) electrons. The van der Waals surface area contributed by atoms with Gasteiger partial charge in [0.15, 0.2) is 0 Å². The molecule has 0 aromatic heterocycles. The second-order valence-electron chi connectivity index (χ2n) is 5.10. The van der Waals surface area contributed by atoms with E-state index in [1.807, 2.05) is 6.92 Å². The Bertz CT molecular complexity index is 348. The fraction of sp³-hybridized carbons (Fsp3) is 0.857. The van der Waals surface area contributed by atoms with Gasteiger partial charge < -0.3 is 19.1 Å². The maximum atomic E-state index is 12.8. The lowest BCUT2D eigenvalue weighted by Gasteiger charge is -2.37. The van der Waals surface area contributed by atoms with Gasteiger partial charge in [-0.3, -0.25) is 4.79 Å². The molecule has 0 N–H and O–H groups in total. The van der Waals surface area contributed by atoms with E-state index in [0.717, 1.165) is 0 Å². The largest absolute Gasteiger partial charge is 0.383 e. The summed E-state index contributed by atoms with van der Waals surface area (Å²) in [5.41, 5.74) is -0.964. The zero-order valence-corrected chi connectivity index (χ0v) is 12.6. The Hall–Kier alpha value is -1.16. The standard InChI is InChI=1S/C14H24N2O4/c1-12(10-19-3)16(6-9-18-2)13(17)14(11-15)4-7-20-8-5-14/h12H,4-10H2,1-3H3. The van der Waals surface area contributed by atoms with Gasteiger partial charge in [-0.2, -0.15) is 5.26 Å². The monoisotopic (exact) mass is 284 g/mol. The smallest absolute Gasteiger partial charge is 0.243 e. The summed E-state index contributed by atoms with van der Waals surface area (Å²) in [6.45, 7) is 4.17. The van der Waals surface area contributed by atoms with Crippen molar-refractivity contribution < 1.29 is 19.0 Å². The van der Waals surface area contributed by atoms with E-state index < -0.39 is 5.41 Å². The first kappa shape index (κ1) is 16.9. The normalized spacial score (nSPS) is 19.1. The lowest BCUT2D eigenvalue weighted by molar-refractivity contribution is -0.147. The first-order chi connectivity index (χ1) is 9.61. The number of carbonyl (C=O) groups excluding carboxylic acids is 1. The molecule has 0 aromatic carbocycles. The summed E-state index contributed by atoms with van der Waals surface area (Å²) in [4.78, 5) is 14.5. The first-order valence-electron chi connectivity index (χ1n) is 6.89. The van der Waals surface area contributed by atoms with Gasteiger partial charge in [0, 0.05) is 34.0 Å². The Balaban J connectivity index is 2.87. The average molecular weight is 284 g/mol. The van der Waals surface area contributed by atoms with Crippen molar-refractivity contribution in [3.63, 3.8) is 0 Å². The number of amides is 1. The number of carbonyl (C=O) groups is 1. The molecular weight excluding hydrogens is 260 g/mol. The summed E-state index contributed by atoms with van der Waals surface area (Å²) in [6.07, 6.45) is 0.900. The highest BCUT2D eigenvalue weighted by molar-refractivity contribution is 5.86. The van der Waals surface area contributed by atoms with Crippen LogP contribution >= 0.6 is 0 Å². The Morgan fingerprint density at radius 3 is 2.55 bits per heavy atom. The number of hydrogen-bond acceptors (Lipinski definition) is 5. The molecule has 6 heteroatoms. The minimum Gasteiger partial charge on any atom is -0.383 e. The maximum Gasteiger partial charge on any atom is 0.243 e. The van der Waals surface area contributed by atoms with Crippen LogP contribution in [0.3, 0.4) is 0 Å². The average Bonchev–Trinajstić information content (AvgIpc) is 2.48. The zero-order chi connectivity index (χ0) is 15.0. The van der Waals surface area contributed by atoms with Gasteiger partial charge in [0.25, 0.3) is 0 Å². The molecule has 1 aliphatic heterocycles. The molecule has 6 nitrogen and oxygen atoms in total. The molecule has 0 aliphatic carbocycles. The number of rotatable bonds is 7. The predicted molar refractivity (Wildman–Crippen MR) is 73.0 cm³/mol. The van der Waals surface area contributed by atoms with Crippen LogP contribution in [-0.4, -0.2) is 64.0 Å². The van der Waals surface area contributed by atoms with Crippen molar-refractivity contribution in [3.8, 4) is 6.07 Å². The van der Waals surface area contributed by atoms with E-state index >= 15 is 0 Å². The molecule has 1 fully saturated rings. The molecule has 1 heterocycles. The third-order valence-corrected chi connectivity index (χ3v) is 3.71. The van der Waals surface area contributed by atoms with Crippen LogP contribution in [0.15, 0.2) is 0 Å². The van der Waals surface area contributed by atoms with E-state index in [2.05, 4.69) is 6.07 Å².